The van der Waals surface area contributed by atoms with Gasteiger partial charge in [-0.25, -0.2) is 0 Å². The third-order valence-corrected chi connectivity index (χ3v) is 6.69. The number of thioether (sulfide) groups is 2. The van der Waals surface area contributed by atoms with E-state index in [9.17, 15) is 4.79 Å². The van der Waals surface area contributed by atoms with Crippen LogP contribution in [0.2, 0.25) is 0 Å². The molecule has 1 heterocycles. The number of hydrogen-bond acceptors (Lipinski definition) is 6. The van der Waals surface area contributed by atoms with Gasteiger partial charge in [0.2, 0.25) is 0 Å². The van der Waals surface area contributed by atoms with E-state index >= 15 is 0 Å². The highest BCUT2D eigenvalue weighted by Crippen LogP contribution is 2.39. The zero-order chi connectivity index (χ0) is 19.6. The maximum atomic E-state index is 13.0. The molecule has 4 nitrogen and oxygen atoms in total. The van der Waals surface area contributed by atoms with Crippen molar-refractivity contribution in [1.29, 1.82) is 0 Å². The summed E-state index contributed by atoms with van der Waals surface area (Å²) in [5.74, 6) is 1.18. The number of ether oxygens (including phenoxy) is 2. The lowest BCUT2D eigenvalue weighted by Crippen LogP contribution is -2.27. The van der Waals surface area contributed by atoms with E-state index in [2.05, 4.69) is 22.6 Å². The van der Waals surface area contributed by atoms with Crippen molar-refractivity contribution in [3.05, 3.63) is 50.4 Å². The molecule has 0 atom stereocenters. The topological polar surface area (TPSA) is 38.8 Å². The van der Waals surface area contributed by atoms with Gasteiger partial charge in [-0.2, -0.15) is 0 Å². The Balaban J connectivity index is 1.96. The Bertz CT molecular complexity index is 946. The van der Waals surface area contributed by atoms with E-state index in [4.69, 9.17) is 21.7 Å². The van der Waals surface area contributed by atoms with E-state index in [1.807, 2.05) is 48.7 Å². The fourth-order valence-corrected chi connectivity index (χ4v) is 5.21. The van der Waals surface area contributed by atoms with Gasteiger partial charge in [0.05, 0.1) is 28.4 Å². The molecule has 0 aliphatic carbocycles. The summed E-state index contributed by atoms with van der Waals surface area (Å²) in [6, 6.07) is 11.6. The van der Waals surface area contributed by atoms with E-state index in [0.717, 1.165) is 19.7 Å². The van der Waals surface area contributed by atoms with Crippen molar-refractivity contribution >= 4 is 80.3 Å². The molecule has 0 unspecified atom stereocenters. The Morgan fingerprint density at radius 2 is 2.00 bits per heavy atom. The van der Waals surface area contributed by atoms with Crippen LogP contribution < -0.4 is 14.4 Å². The first-order chi connectivity index (χ1) is 13.0. The van der Waals surface area contributed by atoms with Crippen LogP contribution in [0, 0.1) is 3.57 Å². The number of carbonyl (C=O) groups is 1. The van der Waals surface area contributed by atoms with Crippen molar-refractivity contribution in [3.8, 4) is 11.5 Å². The molecule has 0 bridgehead atoms. The Labute approximate surface area is 185 Å². The number of amides is 1. The molecule has 0 N–H and O–H groups in total. The van der Waals surface area contributed by atoms with Crippen LogP contribution in [0.15, 0.2) is 46.2 Å². The molecule has 0 aromatic heterocycles. The first-order valence-electron chi connectivity index (χ1n) is 7.82. The summed E-state index contributed by atoms with van der Waals surface area (Å²) in [6.07, 6.45) is 3.84. The van der Waals surface area contributed by atoms with Crippen molar-refractivity contribution < 1.29 is 14.3 Å². The molecule has 1 aliphatic heterocycles. The molecule has 1 aliphatic rings. The molecule has 140 valence electrons. The zero-order valence-corrected chi connectivity index (χ0v) is 19.4. The van der Waals surface area contributed by atoms with Gasteiger partial charge in [-0.05, 0) is 70.8 Å². The molecular formula is C19H16INO3S3. The summed E-state index contributed by atoms with van der Waals surface area (Å²) in [7, 11) is 3.20. The molecule has 27 heavy (non-hydrogen) atoms. The Kier molecular flexibility index (Phi) is 6.72. The van der Waals surface area contributed by atoms with Crippen molar-refractivity contribution in [2.24, 2.45) is 0 Å². The molecule has 2 aromatic rings. The predicted molar refractivity (Wildman–Crippen MR) is 126 cm³/mol. The number of methoxy groups -OCH3 is 2. The first-order valence-corrected chi connectivity index (χ1v) is 11.3. The number of thiocarbonyl (C=S) groups is 1. The summed E-state index contributed by atoms with van der Waals surface area (Å²) >= 11 is 10.6. The van der Waals surface area contributed by atoms with Gasteiger partial charge in [0.25, 0.3) is 5.91 Å². The lowest BCUT2D eigenvalue weighted by atomic mass is 10.2. The predicted octanol–water partition coefficient (Wildman–Crippen LogP) is 5.44. The van der Waals surface area contributed by atoms with Gasteiger partial charge in [0.15, 0.2) is 15.8 Å². The monoisotopic (exact) mass is 529 g/mol. The summed E-state index contributed by atoms with van der Waals surface area (Å²) < 4.78 is 12.2. The van der Waals surface area contributed by atoms with E-state index in [1.54, 1.807) is 30.9 Å². The van der Waals surface area contributed by atoms with Gasteiger partial charge in [-0.1, -0.05) is 30.0 Å². The van der Waals surface area contributed by atoms with Crippen LogP contribution in [-0.2, 0) is 4.79 Å². The number of nitrogens with zero attached hydrogens (tertiary/aromatic N) is 1. The third kappa shape index (κ3) is 4.28. The fourth-order valence-electron chi connectivity index (χ4n) is 2.61. The SMILES string of the molecule is COc1cc(/C=C2/SC(=S)N(c3cccc(SC)c3)C2=O)cc(I)c1OC. The van der Waals surface area contributed by atoms with Crippen molar-refractivity contribution in [2.75, 3.05) is 25.4 Å². The lowest BCUT2D eigenvalue weighted by molar-refractivity contribution is -0.113. The van der Waals surface area contributed by atoms with Gasteiger partial charge in [0.1, 0.15) is 0 Å². The van der Waals surface area contributed by atoms with Gasteiger partial charge in [-0.3, -0.25) is 9.69 Å². The normalized spacial score (nSPS) is 15.6. The van der Waals surface area contributed by atoms with Gasteiger partial charge in [0, 0.05) is 4.90 Å². The smallest absolute Gasteiger partial charge is 0.270 e. The maximum Gasteiger partial charge on any atom is 0.270 e. The molecule has 2 aromatic carbocycles. The Hall–Kier alpha value is -1.23. The van der Waals surface area contributed by atoms with Crippen LogP contribution in [0.1, 0.15) is 5.56 Å². The molecule has 8 heteroatoms. The van der Waals surface area contributed by atoms with Crippen LogP contribution in [0.25, 0.3) is 6.08 Å². The lowest BCUT2D eigenvalue weighted by Gasteiger charge is -2.15. The molecule has 0 spiro atoms. The van der Waals surface area contributed by atoms with Crippen LogP contribution in [0.3, 0.4) is 0 Å². The number of halogens is 1. The summed E-state index contributed by atoms with van der Waals surface area (Å²) in [5, 5.41) is 0. The van der Waals surface area contributed by atoms with Crippen LogP contribution in [-0.4, -0.2) is 30.7 Å². The summed E-state index contributed by atoms with van der Waals surface area (Å²) in [4.78, 5) is 16.2. The zero-order valence-electron chi connectivity index (χ0n) is 14.8. The molecule has 1 saturated heterocycles. The molecule has 1 amide bonds. The average molecular weight is 529 g/mol. The minimum absolute atomic E-state index is 0.118. The third-order valence-electron chi connectivity index (χ3n) is 3.86. The highest BCUT2D eigenvalue weighted by Gasteiger charge is 2.33. The molecular weight excluding hydrogens is 513 g/mol. The van der Waals surface area contributed by atoms with Crippen molar-refractivity contribution in [2.45, 2.75) is 4.90 Å². The number of benzene rings is 2. The van der Waals surface area contributed by atoms with Crippen molar-refractivity contribution in [3.63, 3.8) is 0 Å². The number of hydrogen-bond donors (Lipinski definition) is 0. The van der Waals surface area contributed by atoms with Gasteiger partial charge in [-0.15, -0.1) is 11.8 Å². The largest absolute Gasteiger partial charge is 0.493 e. The second-order valence-corrected chi connectivity index (χ2v) is 9.17. The standard InChI is InChI=1S/C19H16INO3S3/c1-23-15-8-11(7-14(20)17(15)24-2)9-16-18(22)21(19(25)27-16)12-5-4-6-13(10-12)26-3/h4-10H,1-3H3/b16-9+. The second kappa shape index (κ2) is 8.85. The van der Waals surface area contributed by atoms with Crippen LogP contribution >= 0.6 is 58.3 Å². The second-order valence-electron chi connectivity index (χ2n) is 5.46. The van der Waals surface area contributed by atoms with Crippen LogP contribution in [0.4, 0.5) is 5.69 Å². The molecule has 3 rings (SSSR count). The molecule has 0 saturated carbocycles. The molecule has 0 radical (unpaired) electrons. The summed E-state index contributed by atoms with van der Waals surface area (Å²) in [5.41, 5.74) is 1.64. The number of carbonyl (C=O) groups excluding carboxylic acids is 1. The molecule has 1 fully saturated rings. The van der Waals surface area contributed by atoms with E-state index in [-0.39, 0.29) is 5.91 Å². The number of rotatable bonds is 5. The quantitative estimate of drug-likeness (QED) is 0.223. The minimum atomic E-state index is -0.118. The van der Waals surface area contributed by atoms with Crippen LogP contribution in [0.5, 0.6) is 11.5 Å². The first kappa shape index (κ1) is 20.5. The highest BCUT2D eigenvalue weighted by molar-refractivity contribution is 14.1. The Morgan fingerprint density at radius 1 is 1.22 bits per heavy atom. The van der Waals surface area contributed by atoms with E-state index in [1.165, 1.54) is 11.8 Å². The van der Waals surface area contributed by atoms with E-state index in [0.29, 0.717) is 20.7 Å². The summed E-state index contributed by atoms with van der Waals surface area (Å²) in [6.45, 7) is 0. The Morgan fingerprint density at radius 3 is 2.67 bits per heavy atom. The van der Waals surface area contributed by atoms with Gasteiger partial charge >= 0.3 is 0 Å². The number of anilines is 1. The minimum Gasteiger partial charge on any atom is -0.493 e. The van der Waals surface area contributed by atoms with E-state index < -0.39 is 0 Å². The average Bonchev–Trinajstić information content (AvgIpc) is 2.94. The maximum absolute atomic E-state index is 13.0. The highest BCUT2D eigenvalue weighted by atomic mass is 127. The van der Waals surface area contributed by atoms with Gasteiger partial charge < -0.3 is 9.47 Å². The fraction of sp³-hybridized carbons (Fsp3) is 0.158. The van der Waals surface area contributed by atoms with Crippen molar-refractivity contribution in [1.82, 2.24) is 0 Å².